The fourth-order valence-electron chi connectivity index (χ4n) is 1.91. The number of nitrogen functional groups attached to an aromatic ring is 1. The highest BCUT2D eigenvalue weighted by atomic mass is 79.9. The summed E-state index contributed by atoms with van der Waals surface area (Å²) in [7, 11) is 3.06. The minimum Gasteiger partial charge on any atom is -0.495 e. The summed E-state index contributed by atoms with van der Waals surface area (Å²) in [5.74, 6) is 0.889. The van der Waals surface area contributed by atoms with E-state index in [1.807, 2.05) is 0 Å². The van der Waals surface area contributed by atoms with Gasteiger partial charge in [0.1, 0.15) is 16.0 Å². The quantitative estimate of drug-likeness (QED) is 0.688. The Morgan fingerprint density at radius 2 is 1.90 bits per heavy atom. The second kappa shape index (κ2) is 5.96. The lowest BCUT2D eigenvalue weighted by molar-refractivity contribution is 0.103. The first-order valence-corrected chi connectivity index (χ1v) is 6.68. The average Bonchev–Trinajstić information content (AvgIpc) is 2.46. The van der Waals surface area contributed by atoms with Gasteiger partial charge in [0.15, 0.2) is 5.78 Å². The van der Waals surface area contributed by atoms with Crippen molar-refractivity contribution in [1.29, 1.82) is 0 Å². The lowest BCUT2D eigenvalue weighted by atomic mass is 10.0. The summed E-state index contributed by atoms with van der Waals surface area (Å²) in [6, 6.07) is 10.2. The van der Waals surface area contributed by atoms with Crippen LogP contribution in [-0.4, -0.2) is 20.0 Å². The fourth-order valence-corrected chi connectivity index (χ4v) is 2.58. The number of carbonyl (C=O) groups excluding carboxylic acids is 1. The van der Waals surface area contributed by atoms with Gasteiger partial charge in [-0.3, -0.25) is 4.79 Å². The van der Waals surface area contributed by atoms with Gasteiger partial charge < -0.3 is 15.2 Å². The van der Waals surface area contributed by atoms with Crippen LogP contribution >= 0.6 is 15.9 Å². The molecule has 0 spiro atoms. The van der Waals surface area contributed by atoms with E-state index >= 15 is 0 Å². The van der Waals surface area contributed by atoms with Crippen molar-refractivity contribution in [1.82, 2.24) is 0 Å². The lowest BCUT2D eigenvalue weighted by Crippen LogP contribution is -2.05. The average molecular weight is 336 g/mol. The van der Waals surface area contributed by atoms with Crippen LogP contribution in [0.5, 0.6) is 11.5 Å². The van der Waals surface area contributed by atoms with Crippen molar-refractivity contribution in [3.05, 3.63) is 52.0 Å². The SMILES string of the molecule is COc1ccc(C(=O)c2cccc(N)c2)c(OC)c1Br. The van der Waals surface area contributed by atoms with Crippen molar-refractivity contribution in [3.8, 4) is 11.5 Å². The van der Waals surface area contributed by atoms with Gasteiger partial charge in [-0.2, -0.15) is 0 Å². The van der Waals surface area contributed by atoms with Gasteiger partial charge in [-0.1, -0.05) is 12.1 Å². The molecule has 2 aromatic carbocycles. The Morgan fingerprint density at radius 1 is 1.15 bits per heavy atom. The standard InChI is InChI=1S/C15H14BrNO3/c1-19-12-7-6-11(15(20-2)13(12)16)14(18)9-4-3-5-10(17)8-9/h3-8H,17H2,1-2H3. The second-order valence-electron chi connectivity index (χ2n) is 4.12. The molecule has 0 aromatic heterocycles. The number of halogens is 1. The van der Waals surface area contributed by atoms with E-state index in [-0.39, 0.29) is 5.78 Å². The van der Waals surface area contributed by atoms with Crippen molar-refractivity contribution in [3.63, 3.8) is 0 Å². The van der Waals surface area contributed by atoms with Gasteiger partial charge in [0, 0.05) is 11.3 Å². The Kier molecular flexibility index (Phi) is 4.29. The molecule has 0 heterocycles. The monoisotopic (exact) mass is 335 g/mol. The summed E-state index contributed by atoms with van der Waals surface area (Å²) in [6.07, 6.45) is 0. The molecule has 0 aliphatic heterocycles. The van der Waals surface area contributed by atoms with Crippen molar-refractivity contribution in [2.75, 3.05) is 20.0 Å². The number of anilines is 1. The number of carbonyl (C=O) groups is 1. The van der Waals surface area contributed by atoms with E-state index in [9.17, 15) is 4.79 Å². The Balaban J connectivity index is 2.52. The van der Waals surface area contributed by atoms with E-state index in [0.717, 1.165) is 0 Å². The maximum Gasteiger partial charge on any atom is 0.196 e. The van der Waals surface area contributed by atoms with Gasteiger partial charge in [-0.15, -0.1) is 0 Å². The van der Waals surface area contributed by atoms with Crippen LogP contribution in [0.4, 0.5) is 5.69 Å². The zero-order valence-corrected chi connectivity index (χ0v) is 12.7. The first-order chi connectivity index (χ1) is 9.58. The fraction of sp³-hybridized carbons (Fsp3) is 0.133. The Hall–Kier alpha value is -2.01. The normalized spacial score (nSPS) is 10.2. The highest BCUT2D eigenvalue weighted by Gasteiger charge is 2.19. The van der Waals surface area contributed by atoms with Crippen molar-refractivity contribution in [2.24, 2.45) is 0 Å². The first-order valence-electron chi connectivity index (χ1n) is 5.89. The molecule has 0 atom stereocenters. The third-order valence-corrected chi connectivity index (χ3v) is 3.63. The van der Waals surface area contributed by atoms with Crippen LogP contribution in [0.2, 0.25) is 0 Å². The number of methoxy groups -OCH3 is 2. The predicted octanol–water partition coefficient (Wildman–Crippen LogP) is 3.28. The number of hydrogen-bond donors (Lipinski definition) is 1. The number of nitrogens with two attached hydrogens (primary N) is 1. The molecule has 0 amide bonds. The minimum atomic E-state index is -0.155. The zero-order chi connectivity index (χ0) is 14.7. The van der Waals surface area contributed by atoms with E-state index < -0.39 is 0 Å². The third kappa shape index (κ3) is 2.63. The van der Waals surface area contributed by atoms with Gasteiger partial charge in [-0.25, -0.2) is 0 Å². The summed E-state index contributed by atoms with van der Waals surface area (Å²) < 4.78 is 11.1. The van der Waals surface area contributed by atoms with Gasteiger partial charge in [-0.05, 0) is 40.2 Å². The number of rotatable bonds is 4. The van der Waals surface area contributed by atoms with E-state index in [0.29, 0.717) is 32.8 Å². The smallest absolute Gasteiger partial charge is 0.196 e. The molecule has 2 aromatic rings. The third-order valence-electron chi connectivity index (χ3n) is 2.88. The molecule has 0 aliphatic carbocycles. The van der Waals surface area contributed by atoms with Crippen LogP contribution in [0, 0.1) is 0 Å². The maximum absolute atomic E-state index is 12.5. The van der Waals surface area contributed by atoms with Gasteiger partial charge in [0.2, 0.25) is 0 Å². The zero-order valence-electron chi connectivity index (χ0n) is 11.1. The molecule has 20 heavy (non-hydrogen) atoms. The highest BCUT2D eigenvalue weighted by molar-refractivity contribution is 9.10. The number of ketones is 1. The Bertz CT molecular complexity index is 656. The molecule has 0 aliphatic rings. The van der Waals surface area contributed by atoms with Crippen LogP contribution in [-0.2, 0) is 0 Å². The van der Waals surface area contributed by atoms with Crippen LogP contribution in [0.1, 0.15) is 15.9 Å². The first kappa shape index (κ1) is 14.4. The molecule has 0 bridgehead atoms. The highest BCUT2D eigenvalue weighted by Crippen LogP contribution is 2.38. The van der Waals surface area contributed by atoms with Crippen molar-refractivity contribution in [2.45, 2.75) is 0 Å². The van der Waals surface area contributed by atoms with E-state index in [2.05, 4.69) is 15.9 Å². The molecular formula is C15H14BrNO3. The molecule has 5 heteroatoms. The molecule has 2 N–H and O–H groups in total. The molecule has 0 radical (unpaired) electrons. The van der Waals surface area contributed by atoms with Gasteiger partial charge >= 0.3 is 0 Å². The molecule has 2 rings (SSSR count). The largest absolute Gasteiger partial charge is 0.495 e. The summed E-state index contributed by atoms with van der Waals surface area (Å²) >= 11 is 3.38. The number of ether oxygens (including phenoxy) is 2. The lowest BCUT2D eigenvalue weighted by Gasteiger charge is -2.12. The molecule has 0 unspecified atom stereocenters. The number of hydrogen-bond acceptors (Lipinski definition) is 4. The van der Waals surface area contributed by atoms with Crippen LogP contribution in [0.25, 0.3) is 0 Å². The van der Waals surface area contributed by atoms with E-state index in [1.165, 1.54) is 7.11 Å². The Labute approximate surface area is 125 Å². The maximum atomic E-state index is 12.5. The molecule has 0 saturated carbocycles. The van der Waals surface area contributed by atoms with Crippen LogP contribution in [0.15, 0.2) is 40.9 Å². The number of benzene rings is 2. The summed E-state index contributed by atoms with van der Waals surface area (Å²) in [6.45, 7) is 0. The topological polar surface area (TPSA) is 61.5 Å². The van der Waals surface area contributed by atoms with E-state index in [1.54, 1.807) is 43.5 Å². The molecule has 0 fully saturated rings. The molecular weight excluding hydrogens is 322 g/mol. The predicted molar refractivity (Wildman–Crippen MR) is 81.5 cm³/mol. The summed E-state index contributed by atoms with van der Waals surface area (Å²) in [4.78, 5) is 12.5. The molecule has 4 nitrogen and oxygen atoms in total. The Morgan fingerprint density at radius 3 is 2.50 bits per heavy atom. The van der Waals surface area contributed by atoms with Gasteiger partial charge in [0.25, 0.3) is 0 Å². The van der Waals surface area contributed by atoms with Crippen LogP contribution in [0.3, 0.4) is 0 Å². The van der Waals surface area contributed by atoms with Crippen LogP contribution < -0.4 is 15.2 Å². The summed E-state index contributed by atoms with van der Waals surface area (Å²) in [5, 5.41) is 0. The van der Waals surface area contributed by atoms with Crippen molar-refractivity contribution >= 4 is 27.4 Å². The molecule has 104 valence electrons. The van der Waals surface area contributed by atoms with Crippen molar-refractivity contribution < 1.29 is 14.3 Å². The van der Waals surface area contributed by atoms with E-state index in [4.69, 9.17) is 15.2 Å². The summed E-state index contributed by atoms with van der Waals surface area (Å²) in [5.41, 5.74) is 7.22. The second-order valence-corrected chi connectivity index (χ2v) is 4.91. The molecule has 0 saturated heterocycles. The minimum absolute atomic E-state index is 0.155. The van der Waals surface area contributed by atoms with Gasteiger partial charge in [0.05, 0.1) is 19.8 Å².